The molecule has 106 valence electrons. The van der Waals surface area contributed by atoms with Gasteiger partial charge in [0.2, 0.25) is 0 Å². The molecule has 1 aromatic rings. The summed E-state index contributed by atoms with van der Waals surface area (Å²) < 4.78 is 5.50. The molecule has 0 amide bonds. The summed E-state index contributed by atoms with van der Waals surface area (Å²) in [5, 5.41) is 14.4. The number of anilines is 1. The first kappa shape index (κ1) is 15.3. The Balaban J connectivity index is 3.06. The van der Waals surface area contributed by atoms with Gasteiger partial charge in [0.1, 0.15) is 5.69 Å². The van der Waals surface area contributed by atoms with E-state index >= 15 is 0 Å². The first-order valence-corrected chi connectivity index (χ1v) is 6.38. The van der Waals surface area contributed by atoms with E-state index in [-0.39, 0.29) is 17.2 Å². The average molecular weight is 266 g/mol. The van der Waals surface area contributed by atoms with Gasteiger partial charge >= 0.3 is 5.69 Å². The lowest BCUT2D eigenvalue weighted by molar-refractivity contribution is -0.385. The number of nitro groups is 1. The van der Waals surface area contributed by atoms with E-state index in [9.17, 15) is 10.1 Å². The minimum absolute atomic E-state index is 0.000417. The van der Waals surface area contributed by atoms with Crippen molar-refractivity contribution in [1.29, 1.82) is 0 Å². The third kappa shape index (κ3) is 4.77. The Morgan fingerprint density at radius 2 is 2.00 bits per heavy atom. The average Bonchev–Trinajstić information content (AvgIpc) is 2.24. The van der Waals surface area contributed by atoms with E-state index in [0.717, 1.165) is 0 Å². The maximum atomic E-state index is 11.2. The van der Waals surface area contributed by atoms with Gasteiger partial charge in [-0.2, -0.15) is 0 Å². The molecule has 5 heteroatoms. The van der Waals surface area contributed by atoms with Crippen molar-refractivity contribution in [2.45, 2.75) is 40.7 Å². The number of hydrogen-bond donors (Lipinski definition) is 1. The maximum Gasteiger partial charge on any atom is 0.333 e. The molecule has 1 aromatic carbocycles. The normalized spacial score (nSPS) is 11.5. The molecule has 19 heavy (non-hydrogen) atoms. The summed E-state index contributed by atoms with van der Waals surface area (Å²) in [5.41, 5.74) is 0.543. The van der Waals surface area contributed by atoms with Crippen LogP contribution in [0.4, 0.5) is 11.4 Å². The second-order valence-electron chi connectivity index (χ2n) is 5.99. The lowest BCUT2D eigenvalue weighted by atomic mass is 9.97. The van der Waals surface area contributed by atoms with Crippen molar-refractivity contribution >= 4 is 11.4 Å². The molecule has 0 radical (unpaired) electrons. The Morgan fingerprint density at radius 1 is 1.37 bits per heavy atom. The molecular weight excluding hydrogens is 244 g/mol. The number of rotatable bonds is 5. The van der Waals surface area contributed by atoms with Crippen LogP contribution in [-0.2, 0) is 0 Å². The number of benzene rings is 1. The fourth-order valence-electron chi connectivity index (χ4n) is 1.56. The fraction of sp³-hybridized carbons (Fsp3) is 0.571. The van der Waals surface area contributed by atoms with Crippen LogP contribution >= 0.6 is 0 Å². The molecule has 0 unspecified atom stereocenters. The third-order valence-electron chi connectivity index (χ3n) is 2.35. The van der Waals surface area contributed by atoms with Crippen LogP contribution in [0.25, 0.3) is 0 Å². The highest BCUT2D eigenvalue weighted by atomic mass is 16.6. The van der Waals surface area contributed by atoms with Gasteiger partial charge in [0.25, 0.3) is 0 Å². The van der Waals surface area contributed by atoms with Gasteiger partial charge in [0.15, 0.2) is 5.75 Å². The molecule has 0 aliphatic carbocycles. The van der Waals surface area contributed by atoms with Crippen LogP contribution in [0, 0.1) is 15.5 Å². The van der Waals surface area contributed by atoms with E-state index in [0.29, 0.717) is 18.0 Å². The van der Waals surface area contributed by atoms with E-state index in [4.69, 9.17) is 4.74 Å². The van der Waals surface area contributed by atoms with Gasteiger partial charge in [0, 0.05) is 6.54 Å². The van der Waals surface area contributed by atoms with Crippen molar-refractivity contribution in [3.05, 3.63) is 28.3 Å². The van der Waals surface area contributed by atoms with Crippen molar-refractivity contribution in [1.82, 2.24) is 0 Å². The predicted octanol–water partition coefficient (Wildman–Crippen LogP) is 3.84. The molecule has 0 spiro atoms. The van der Waals surface area contributed by atoms with Gasteiger partial charge in [0.05, 0.1) is 11.0 Å². The fourth-order valence-corrected chi connectivity index (χ4v) is 1.56. The molecule has 5 nitrogen and oxygen atoms in total. The molecule has 0 atom stereocenters. The monoisotopic (exact) mass is 266 g/mol. The molecule has 0 saturated carbocycles. The molecule has 0 heterocycles. The van der Waals surface area contributed by atoms with Crippen molar-refractivity contribution in [2.24, 2.45) is 5.41 Å². The zero-order chi connectivity index (χ0) is 14.6. The summed E-state index contributed by atoms with van der Waals surface area (Å²) in [4.78, 5) is 10.8. The van der Waals surface area contributed by atoms with Gasteiger partial charge < -0.3 is 10.1 Å². The Labute approximate surface area is 114 Å². The summed E-state index contributed by atoms with van der Waals surface area (Å²) in [6.07, 6.45) is -0.100. The van der Waals surface area contributed by atoms with E-state index in [2.05, 4.69) is 26.1 Å². The first-order chi connectivity index (χ1) is 8.70. The Hall–Kier alpha value is -1.78. The van der Waals surface area contributed by atoms with Gasteiger partial charge in [-0.25, -0.2) is 0 Å². The Kier molecular flexibility index (Phi) is 4.75. The maximum absolute atomic E-state index is 11.2. The van der Waals surface area contributed by atoms with Gasteiger partial charge in [-0.05, 0) is 31.4 Å². The van der Waals surface area contributed by atoms with Crippen LogP contribution < -0.4 is 10.1 Å². The van der Waals surface area contributed by atoms with Crippen LogP contribution in [0.1, 0.15) is 34.6 Å². The van der Waals surface area contributed by atoms with E-state index in [1.807, 2.05) is 13.8 Å². The molecular formula is C14H22N2O3. The molecule has 1 N–H and O–H groups in total. The minimum atomic E-state index is -0.400. The molecule has 0 aromatic heterocycles. The highest BCUT2D eigenvalue weighted by Crippen LogP contribution is 2.35. The van der Waals surface area contributed by atoms with Crippen LogP contribution in [0.3, 0.4) is 0 Å². The summed E-state index contributed by atoms with van der Waals surface area (Å²) >= 11 is 0. The van der Waals surface area contributed by atoms with Crippen molar-refractivity contribution in [3.8, 4) is 5.75 Å². The number of ether oxygens (including phenoxy) is 1. The third-order valence-corrected chi connectivity index (χ3v) is 2.35. The van der Waals surface area contributed by atoms with Crippen molar-refractivity contribution in [3.63, 3.8) is 0 Å². The first-order valence-electron chi connectivity index (χ1n) is 6.38. The molecule has 0 aliphatic heterocycles. The predicted molar refractivity (Wildman–Crippen MR) is 76.8 cm³/mol. The zero-order valence-corrected chi connectivity index (χ0v) is 12.2. The number of para-hydroxylation sites is 1. The number of nitrogens with zero attached hydrogens (tertiary/aromatic N) is 1. The highest BCUT2D eigenvalue weighted by molar-refractivity contribution is 5.68. The Morgan fingerprint density at radius 3 is 2.47 bits per heavy atom. The standard InChI is InChI=1S/C14H22N2O3/c1-10(2)19-12-8-6-7-11(13(12)16(17)18)15-9-14(3,4)5/h6-8,10,15H,9H2,1-5H3. The van der Waals surface area contributed by atoms with Gasteiger partial charge in [-0.15, -0.1) is 0 Å². The molecule has 0 bridgehead atoms. The summed E-state index contributed by atoms with van der Waals surface area (Å²) in [5.74, 6) is 0.305. The second-order valence-corrected chi connectivity index (χ2v) is 5.99. The van der Waals surface area contributed by atoms with E-state index in [1.165, 1.54) is 0 Å². The van der Waals surface area contributed by atoms with Crippen LogP contribution in [0.15, 0.2) is 18.2 Å². The molecule has 0 aliphatic rings. The van der Waals surface area contributed by atoms with Crippen LogP contribution in [0.5, 0.6) is 5.75 Å². The number of hydrogen-bond acceptors (Lipinski definition) is 4. The SMILES string of the molecule is CC(C)Oc1cccc(NCC(C)(C)C)c1[N+](=O)[O-]. The molecule has 1 rings (SSSR count). The van der Waals surface area contributed by atoms with Gasteiger partial charge in [-0.3, -0.25) is 10.1 Å². The zero-order valence-electron chi connectivity index (χ0n) is 12.2. The van der Waals surface area contributed by atoms with Crippen molar-refractivity contribution < 1.29 is 9.66 Å². The quantitative estimate of drug-likeness (QED) is 0.649. The van der Waals surface area contributed by atoms with Crippen LogP contribution in [0.2, 0.25) is 0 Å². The minimum Gasteiger partial charge on any atom is -0.484 e. The molecule has 0 fully saturated rings. The van der Waals surface area contributed by atoms with Crippen molar-refractivity contribution in [2.75, 3.05) is 11.9 Å². The highest BCUT2D eigenvalue weighted by Gasteiger charge is 2.22. The van der Waals surface area contributed by atoms with Gasteiger partial charge in [-0.1, -0.05) is 26.8 Å². The lowest BCUT2D eigenvalue weighted by Crippen LogP contribution is -2.19. The summed E-state index contributed by atoms with van der Waals surface area (Å²) in [6, 6.07) is 5.09. The van der Waals surface area contributed by atoms with E-state index in [1.54, 1.807) is 18.2 Å². The summed E-state index contributed by atoms with van der Waals surface area (Å²) in [6.45, 7) is 10.6. The topological polar surface area (TPSA) is 64.4 Å². The lowest BCUT2D eigenvalue weighted by Gasteiger charge is -2.20. The Bertz CT molecular complexity index is 450. The van der Waals surface area contributed by atoms with E-state index < -0.39 is 4.92 Å². The summed E-state index contributed by atoms with van der Waals surface area (Å²) in [7, 11) is 0. The smallest absolute Gasteiger partial charge is 0.333 e. The molecule has 0 saturated heterocycles. The second kappa shape index (κ2) is 5.91. The largest absolute Gasteiger partial charge is 0.484 e. The van der Waals surface area contributed by atoms with Crippen LogP contribution in [-0.4, -0.2) is 17.6 Å². The number of nitrogens with one attached hydrogen (secondary N) is 1. The number of nitro benzene ring substituents is 1.